The summed E-state index contributed by atoms with van der Waals surface area (Å²) in [6.45, 7) is 1.87. The van der Waals surface area contributed by atoms with Crippen molar-refractivity contribution in [2.24, 2.45) is 0 Å². The highest BCUT2D eigenvalue weighted by Gasteiger charge is 2.15. The lowest BCUT2D eigenvalue weighted by Gasteiger charge is -2.08. The molecule has 0 aromatic rings. The van der Waals surface area contributed by atoms with Gasteiger partial charge in [0.05, 0.1) is 0 Å². The van der Waals surface area contributed by atoms with Crippen LogP contribution in [0.15, 0.2) is 0 Å². The van der Waals surface area contributed by atoms with Crippen LogP contribution < -0.4 is 10.6 Å². The molecule has 1 heterocycles. The second-order valence-electron chi connectivity index (χ2n) is 2.39. The SMILES string of the molecule is O=C(CCl)NC1CCNC1. The first-order valence-corrected chi connectivity index (χ1v) is 3.92. The van der Waals surface area contributed by atoms with Crippen molar-refractivity contribution < 1.29 is 4.79 Å². The zero-order valence-electron chi connectivity index (χ0n) is 5.69. The zero-order chi connectivity index (χ0) is 7.40. The summed E-state index contributed by atoms with van der Waals surface area (Å²) >= 11 is 5.30. The average Bonchev–Trinajstić information content (AvgIpc) is 2.40. The molecule has 0 aliphatic carbocycles. The van der Waals surface area contributed by atoms with Crippen molar-refractivity contribution in [1.29, 1.82) is 0 Å². The smallest absolute Gasteiger partial charge is 0.235 e. The standard InChI is InChI=1S/C6H11ClN2O/c7-3-6(10)9-5-1-2-8-4-5/h5,8H,1-4H2,(H,9,10). The van der Waals surface area contributed by atoms with Crippen molar-refractivity contribution in [1.82, 2.24) is 10.6 Å². The predicted molar refractivity (Wildman–Crippen MR) is 40.1 cm³/mol. The zero-order valence-corrected chi connectivity index (χ0v) is 6.45. The normalized spacial score (nSPS) is 24.7. The third-order valence-corrected chi connectivity index (χ3v) is 1.79. The van der Waals surface area contributed by atoms with Crippen molar-refractivity contribution in [2.75, 3.05) is 19.0 Å². The maximum atomic E-state index is 10.7. The van der Waals surface area contributed by atoms with Crippen molar-refractivity contribution in [3.8, 4) is 0 Å². The van der Waals surface area contributed by atoms with E-state index in [0.29, 0.717) is 6.04 Å². The van der Waals surface area contributed by atoms with Gasteiger partial charge >= 0.3 is 0 Å². The molecule has 1 fully saturated rings. The van der Waals surface area contributed by atoms with Gasteiger partial charge in [-0.1, -0.05) is 0 Å². The first-order chi connectivity index (χ1) is 4.83. The first-order valence-electron chi connectivity index (χ1n) is 3.39. The van der Waals surface area contributed by atoms with Gasteiger partial charge in [-0.25, -0.2) is 0 Å². The van der Waals surface area contributed by atoms with E-state index in [1.165, 1.54) is 0 Å². The summed E-state index contributed by atoms with van der Waals surface area (Å²) in [6.07, 6.45) is 1.02. The Morgan fingerprint density at radius 2 is 2.60 bits per heavy atom. The maximum Gasteiger partial charge on any atom is 0.235 e. The van der Waals surface area contributed by atoms with Crippen LogP contribution in [-0.2, 0) is 4.79 Å². The summed E-state index contributed by atoms with van der Waals surface area (Å²) in [6, 6.07) is 0.297. The number of nitrogens with one attached hydrogen (secondary N) is 2. The summed E-state index contributed by atoms with van der Waals surface area (Å²) in [5.74, 6) is -0.00776. The minimum atomic E-state index is -0.0737. The van der Waals surface area contributed by atoms with Gasteiger partial charge in [0.25, 0.3) is 0 Å². The van der Waals surface area contributed by atoms with Crippen LogP contribution >= 0.6 is 11.6 Å². The summed E-state index contributed by atoms with van der Waals surface area (Å²) < 4.78 is 0. The van der Waals surface area contributed by atoms with E-state index in [2.05, 4.69) is 10.6 Å². The Morgan fingerprint density at radius 3 is 3.10 bits per heavy atom. The van der Waals surface area contributed by atoms with Crippen LogP contribution in [0.3, 0.4) is 0 Å². The van der Waals surface area contributed by atoms with Gasteiger partial charge in [0.2, 0.25) is 5.91 Å². The van der Waals surface area contributed by atoms with Crippen LogP contribution in [0.2, 0.25) is 0 Å². The van der Waals surface area contributed by atoms with Gasteiger partial charge in [-0.05, 0) is 13.0 Å². The highest BCUT2D eigenvalue weighted by molar-refractivity contribution is 6.27. The minimum absolute atomic E-state index is 0.0660. The first kappa shape index (κ1) is 7.82. The number of carbonyl (C=O) groups is 1. The lowest BCUT2D eigenvalue weighted by atomic mass is 10.3. The molecule has 0 aromatic heterocycles. The number of carbonyl (C=O) groups excluding carboxylic acids is 1. The van der Waals surface area contributed by atoms with Crippen LogP contribution in [0.4, 0.5) is 0 Å². The molecule has 0 radical (unpaired) electrons. The minimum Gasteiger partial charge on any atom is -0.351 e. The number of rotatable bonds is 2. The molecule has 0 spiro atoms. The van der Waals surface area contributed by atoms with Crippen molar-refractivity contribution in [2.45, 2.75) is 12.5 Å². The molecule has 1 atom stereocenters. The highest BCUT2D eigenvalue weighted by Crippen LogP contribution is 1.96. The molecular weight excluding hydrogens is 152 g/mol. The Balaban J connectivity index is 2.17. The number of hydrogen-bond donors (Lipinski definition) is 2. The molecule has 0 bridgehead atoms. The Morgan fingerprint density at radius 1 is 1.80 bits per heavy atom. The molecule has 0 saturated carbocycles. The van der Waals surface area contributed by atoms with E-state index < -0.39 is 0 Å². The maximum absolute atomic E-state index is 10.7. The van der Waals surface area contributed by atoms with E-state index >= 15 is 0 Å². The van der Waals surface area contributed by atoms with Gasteiger partial charge in [-0.3, -0.25) is 4.79 Å². The molecule has 1 aliphatic heterocycles. The average molecular weight is 163 g/mol. The molecule has 0 aromatic carbocycles. The van der Waals surface area contributed by atoms with Gasteiger partial charge in [0.1, 0.15) is 5.88 Å². The van der Waals surface area contributed by atoms with Crippen LogP contribution in [0.25, 0.3) is 0 Å². The molecule has 10 heavy (non-hydrogen) atoms. The fourth-order valence-corrected chi connectivity index (χ4v) is 1.12. The second kappa shape index (κ2) is 3.78. The number of hydrogen-bond acceptors (Lipinski definition) is 2. The fraction of sp³-hybridized carbons (Fsp3) is 0.833. The van der Waals surface area contributed by atoms with E-state index in [1.54, 1.807) is 0 Å². The number of alkyl halides is 1. The van der Waals surface area contributed by atoms with Crippen LogP contribution in [-0.4, -0.2) is 30.9 Å². The number of halogens is 1. The molecular formula is C6H11ClN2O. The summed E-state index contributed by atoms with van der Waals surface area (Å²) in [5.41, 5.74) is 0. The Labute approximate surface area is 65.1 Å². The molecule has 1 saturated heterocycles. The van der Waals surface area contributed by atoms with Gasteiger partial charge < -0.3 is 10.6 Å². The van der Waals surface area contributed by atoms with E-state index in [0.717, 1.165) is 19.5 Å². The van der Waals surface area contributed by atoms with Crippen molar-refractivity contribution in [3.05, 3.63) is 0 Å². The predicted octanol–water partition coefficient (Wildman–Crippen LogP) is -0.297. The van der Waals surface area contributed by atoms with Gasteiger partial charge in [-0.15, -0.1) is 11.6 Å². The molecule has 1 aliphatic rings. The van der Waals surface area contributed by atoms with Gasteiger partial charge in [-0.2, -0.15) is 0 Å². The molecule has 1 amide bonds. The molecule has 2 N–H and O–H groups in total. The Bertz CT molecular complexity index is 123. The monoisotopic (exact) mass is 162 g/mol. The summed E-state index contributed by atoms with van der Waals surface area (Å²) in [4.78, 5) is 10.7. The Kier molecular flexibility index (Phi) is 2.96. The third-order valence-electron chi connectivity index (χ3n) is 1.55. The third kappa shape index (κ3) is 2.15. The van der Waals surface area contributed by atoms with E-state index in [-0.39, 0.29) is 11.8 Å². The van der Waals surface area contributed by atoms with E-state index in [1.807, 2.05) is 0 Å². The van der Waals surface area contributed by atoms with Crippen LogP contribution in [0, 0.1) is 0 Å². The van der Waals surface area contributed by atoms with Crippen molar-refractivity contribution in [3.63, 3.8) is 0 Å². The van der Waals surface area contributed by atoms with Gasteiger partial charge in [0.15, 0.2) is 0 Å². The highest BCUT2D eigenvalue weighted by atomic mass is 35.5. The van der Waals surface area contributed by atoms with Gasteiger partial charge in [0, 0.05) is 12.6 Å². The molecule has 3 nitrogen and oxygen atoms in total. The van der Waals surface area contributed by atoms with Crippen molar-refractivity contribution >= 4 is 17.5 Å². The van der Waals surface area contributed by atoms with E-state index in [9.17, 15) is 4.79 Å². The quantitative estimate of drug-likeness (QED) is 0.548. The number of amides is 1. The topological polar surface area (TPSA) is 41.1 Å². The largest absolute Gasteiger partial charge is 0.351 e. The van der Waals surface area contributed by atoms with E-state index in [4.69, 9.17) is 11.6 Å². The Hall–Kier alpha value is -0.280. The fourth-order valence-electron chi connectivity index (χ4n) is 1.04. The lowest BCUT2D eigenvalue weighted by Crippen LogP contribution is -2.36. The lowest BCUT2D eigenvalue weighted by molar-refractivity contribution is -0.119. The summed E-state index contributed by atoms with van der Waals surface area (Å²) in [7, 11) is 0. The molecule has 58 valence electrons. The summed E-state index contributed by atoms with van der Waals surface area (Å²) in [5, 5.41) is 5.94. The van der Waals surface area contributed by atoms with Crippen LogP contribution in [0.1, 0.15) is 6.42 Å². The second-order valence-corrected chi connectivity index (χ2v) is 2.66. The molecule has 4 heteroatoms. The molecule has 1 rings (SSSR count). The van der Waals surface area contributed by atoms with Crippen LogP contribution in [0.5, 0.6) is 0 Å². The molecule has 1 unspecified atom stereocenters.